The molecule has 1 amide bonds. The number of anilines is 1. The smallest absolute Gasteiger partial charge is 0.415 e. The number of rotatable bonds is 7. The number of amides is 1. The molecular weight excluding hydrogens is 406 g/mol. The summed E-state index contributed by atoms with van der Waals surface area (Å²) < 4.78 is 40.0. The van der Waals surface area contributed by atoms with Gasteiger partial charge in [-0.05, 0) is 69.7 Å². The number of carbonyl (C=O) groups excluding carboxylic acids is 1. The lowest BCUT2D eigenvalue weighted by atomic mass is 9.99. The van der Waals surface area contributed by atoms with Gasteiger partial charge in [-0.25, -0.2) is 4.79 Å². The second kappa shape index (κ2) is 8.39. The predicted octanol–water partition coefficient (Wildman–Crippen LogP) is 4.25. The Bertz CT molecular complexity index is 1010. The average molecular weight is 436 g/mol. The summed E-state index contributed by atoms with van der Waals surface area (Å²) in [7, 11) is -4.57. The van der Waals surface area contributed by atoms with E-state index in [0.717, 1.165) is 30.4 Å². The molecule has 0 bridgehead atoms. The monoisotopic (exact) mass is 435 g/mol. The summed E-state index contributed by atoms with van der Waals surface area (Å²) >= 11 is 0. The van der Waals surface area contributed by atoms with Gasteiger partial charge >= 0.3 is 6.09 Å². The molecule has 0 saturated heterocycles. The summed E-state index contributed by atoms with van der Waals surface area (Å²) in [5, 5.41) is 6.71. The van der Waals surface area contributed by atoms with Crippen LogP contribution in [0.25, 0.3) is 0 Å². The van der Waals surface area contributed by atoms with Crippen molar-refractivity contribution in [2.24, 2.45) is 5.92 Å². The summed E-state index contributed by atoms with van der Waals surface area (Å²) in [6.45, 7) is 7.13. The highest BCUT2D eigenvalue weighted by atomic mass is 32.2. The molecule has 1 aromatic carbocycles. The van der Waals surface area contributed by atoms with Crippen LogP contribution in [-0.2, 0) is 27.8 Å². The normalized spacial score (nSPS) is 14.6. The van der Waals surface area contributed by atoms with Crippen LogP contribution >= 0.6 is 0 Å². The van der Waals surface area contributed by atoms with Crippen LogP contribution in [0.5, 0.6) is 0 Å². The summed E-state index contributed by atoms with van der Waals surface area (Å²) in [4.78, 5) is 14.1. The van der Waals surface area contributed by atoms with Gasteiger partial charge in [0.05, 0.1) is 17.9 Å². The van der Waals surface area contributed by atoms with Gasteiger partial charge in [0.2, 0.25) is 0 Å². The lowest BCUT2D eigenvalue weighted by Crippen LogP contribution is -2.38. The average Bonchev–Trinajstić information content (AvgIpc) is 3.29. The van der Waals surface area contributed by atoms with Gasteiger partial charge in [0.15, 0.2) is 0 Å². The van der Waals surface area contributed by atoms with Gasteiger partial charge in [-0.2, -0.15) is 13.5 Å². The molecule has 0 spiro atoms. The first-order valence-corrected chi connectivity index (χ1v) is 11.5. The van der Waals surface area contributed by atoms with E-state index in [1.807, 2.05) is 6.92 Å². The highest BCUT2D eigenvalue weighted by Crippen LogP contribution is 2.38. The molecule has 164 valence electrons. The van der Waals surface area contributed by atoms with Crippen LogP contribution in [0.4, 0.5) is 10.5 Å². The van der Waals surface area contributed by atoms with E-state index < -0.39 is 21.8 Å². The van der Waals surface area contributed by atoms with E-state index in [2.05, 4.69) is 10.2 Å². The van der Waals surface area contributed by atoms with Crippen molar-refractivity contribution in [3.63, 3.8) is 0 Å². The molecule has 2 aromatic rings. The Hall–Kier alpha value is -2.39. The lowest BCUT2D eigenvalue weighted by molar-refractivity contribution is 0.0576. The van der Waals surface area contributed by atoms with Crippen molar-refractivity contribution in [1.82, 2.24) is 10.2 Å². The molecular formula is C21H29N3O5S. The molecule has 0 radical (unpaired) electrons. The lowest BCUT2D eigenvalue weighted by Gasteiger charge is -2.30. The zero-order chi connectivity index (χ0) is 22.1. The Kier molecular flexibility index (Phi) is 6.24. The molecule has 1 aromatic heterocycles. The summed E-state index contributed by atoms with van der Waals surface area (Å²) in [6, 6.07) is 4.70. The minimum absolute atomic E-state index is 0.0251. The largest absolute Gasteiger partial charge is 0.443 e. The Balaban J connectivity index is 2.15. The van der Waals surface area contributed by atoms with Gasteiger partial charge in [0.25, 0.3) is 10.1 Å². The van der Waals surface area contributed by atoms with Crippen molar-refractivity contribution in [3.05, 3.63) is 41.2 Å². The van der Waals surface area contributed by atoms with Gasteiger partial charge in [-0.1, -0.05) is 18.9 Å². The first-order chi connectivity index (χ1) is 14.0. The molecule has 1 fully saturated rings. The van der Waals surface area contributed by atoms with E-state index in [1.165, 1.54) is 11.0 Å². The summed E-state index contributed by atoms with van der Waals surface area (Å²) in [5.41, 5.74) is 1.58. The number of benzene rings is 1. The minimum Gasteiger partial charge on any atom is -0.443 e. The number of carbonyl (C=O) groups is 1. The molecule has 8 nitrogen and oxygen atoms in total. The number of aromatic amines is 1. The molecule has 1 saturated carbocycles. The van der Waals surface area contributed by atoms with Crippen molar-refractivity contribution in [2.75, 3.05) is 4.90 Å². The molecule has 0 unspecified atom stereocenters. The second-order valence-electron chi connectivity index (χ2n) is 8.81. The van der Waals surface area contributed by atoms with E-state index >= 15 is 0 Å². The highest BCUT2D eigenvalue weighted by Gasteiger charge is 2.32. The fourth-order valence-corrected chi connectivity index (χ4v) is 4.10. The summed E-state index contributed by atoms with van der Waals surface area (Å²) in [6.07, 6.45) is 4.69. The van der Waals surface area contributed by atoms with Gasteiger partial charge in [-0.15, -0.1) is 0 Å². The topological polar surface area (TPSA) is 113 Å². The first-order valence-electron chi connectivity index (χ1n) is 10.0. The standard InChI is InChI=1S/C21H29N3O5S/c1-14-5-10-18(30(26,27)28)19(17(14)9-8-15-6-7-15)24(13-16-11-12-22-23-16)20(25)29-21(2,3)4/h5,10-12,15H,6-9,13H2,1-4H3,(H,22,23)(H,26,27,28). The third-order valence-electron chi connectivity index (χ3n) is 5.03. The molecule has 30 heavy (non-hydrogen) atoms. The van der Waals surface area contributed by atoms with E-state index in [0.29, 0.717) is 18.0 Å². The number of H-pyrrole nitrogens is 1. The van der Waals surface area contributed by atoms with Crippen molar-refractivity contribution in [2.45, 2.75) is 70.4 Å². The Morgan fingerprint density at radius 1 is 1.30 bits per heavy atom. The first kappa shape index (κ1) is 22.3. The highest BCUT2D eigenvalue weighted by molar-refractivity contribution is 7.86. The zero-order valence-electron chi connectivity index (χ0n) is 17.8. The molecule has 3 rings (SSSR count). The summed E-state index contributed by atoms with van der Waals surface area (Å²) in [5.74, 6) is 0.620. The molecule has 1 aliphatic carbocycles. The van der Waals surface area contributed by atoms with Crippen LogP contribution in [0.3, 0.4) is 0 Å². The third-order valence-corrected chi connectivity index (χ3v) is 5.91. The Morgan fingerprint density at radius 3 is 2.53 bits per heavy atom. The van der Waals surface area contributed by atoms with Gasteiger partial charge in [0.1, 0.15) is 10.5 Å². The molecule has 2 N–H and O–H groups in total. The number of aryl methyl sites for hydroxylation is 1. The molecule has 0 atom stereocenters. The maximum absolute atomic E-state index is 13.2. The Morgan fingerprint density at radius 2 is 2.00 bits per heavy atom. The molecule has 1 heterocycles. The maximum atomic E-state index is 13.2. The fourth-order valence-electron chi connectivity index (χ4n) is 3.39. The predicted molar refractivity (Wildman–Crippen MR) is 113 cm³/mol. The van der Waals surface area contributed by atoms with Crippen molar-refractivity contribution in [1.29, 1.82) is 0 Å². The van der Waals surface area contributed by atoms with Crippen LogP contribution in [0.2, 0.25) is 0 Å². The number of hydrogen-bond donors (Lipinski definition) is 2. The Labute approximate surface area is 177 Å². The van der Waals surface area contributed by atoms with Crippen LogP contribution in [0, 0.1) is 12.8 Å². The van der Waals surface area contributed by atoms with Crippen molar-refractivity contribution >= 4 is 21.9 Å². The SMILES string of the molecule is Cc1ccc(S(=O)(=O)O)c(N(Cc2ccn[nH]2)C(=O)OC(C)(C)C)c1CCC1CC1. The van der Waals surface area contributed by atoms with Gasteiger partial charge in [0, 0.05) is 6.20 Å². The number of aromatic nitrogens is 2. The van der Waals surface area contributed by atoms with Crippen molar-refractivity contribution in [3.8, 4) is 0 Å². The van der Waals surface area contributed by atoms with Crippen LogP contribution in [-0.4, -0.2) is 34.9 Å². The fraction of sp³-hybridized carbons (Fsp3) is 0.524. The second-order valence-corrected chi connectivity index (χ2v) is 10.2. The molecule has 0 aliphatic heterocycles. The number of ether oxygens (including phenoxy) is 1. The zero-order valence-corrected chi connectivity index (χ0v) is 18.6. The number of nitrogens with zero attached hydrogens (tertiary/aromatic N) is 2. The third kappa shape index (κ3) is 5.60. The van der Waals surface area contributed by atoms with Crippen molar-refractivity contribution < 1.29 is 22.5 Å². The van der Waals surface area contributed by atoms with Crippen LogP contribution in [0.1, 0.15) is 56.9 Å². The van der Waals surface area contributed by atoms with E-state index in [9.17, 15) is 17.8 Å². The van der Waals surface area contributed by atoms with E-state index in [-0.39, 0.29) is 17.1 Å². The van der Waals surface area contributed by atoms with E-state index in [1.54, 1.807) is 39.1 Å². The van der Waals surface area contributed by atoms with E-state index in [4.69, 9.17) is 4.74 Å². The molecule has 9 heteroatoms. The van der Waals surface area contributed by atoms with Gasteiger partial charge < -0.3 is 4.74 Å². The molecule has 1 aliphatic rings. The van der Waals surface area contributed by atoms with Crippen LogP contribution in [0.15, 0.2) is 29.3 Å². The van der Waals surface area contributed by atoms with Crippen LogP contribution < -0.4 is 4.90 Å². The minimum atomic E-state index is -4.57. The number of hydrogen-bond acceptors (Lipinski definition) is 5. The quantitative estimate of drug-likeness (QED) is 0.629. The number of nitrogens with one attached hydrogen (secondary N) is 1. The van der Waals surface area contributed by atoms with Gasteiger partial charge in [-0.3, -0.25) is 14.6 Å². The maximum Gasteiger partial charge on any atom is 0.415 e.